The fraction of sp³-hybridized carbons (Fsp3) is 0.444. The summed E-state index contributed by atoms with van der Waals surface area (Å²) in [5, 5.41) is 0. The third-order valence-corrected chi connectivity index (χ3v) is 4.01. The highest BCUT2D eigenvalue weighted by molar-refractivity contribution is 5.87. The van der Waals surface area contributed by atoms with Crippen molar-refractivity contribution < 1.29 is 14.3 Å². The minimum atomic E-state index is -0.653. The fourth-order valence-electron chi connectivity index (χ4n) is 2.33. The number of carbonyl (C=O) groups is 2. The van der Waals surface area contributed by atoms with Gasteiger partial charge in [0.1, 0.15) is 0 Å². The van der Waals surface area contributed by atoms with Gasteiger partial charge in [-0.1, -0.05) is 0 Å². The van der Waals surface area contributed by atoms with E-state index >= 15 is 0 Å². The van der Waals surface area contributed by atoms with Crippen LogP contribution in [0.2, 0.25) is 0 Å². The van der Waals surface area contributed by atoms with Crippen molar-refractivity contribution in [2.75, 3.05) is 0 Å². The Morgan fingerprint density at radius 3 is 1.28 bits per heavy atom. The summed E-state index contributed by atoms with van der Waals surface area (Å²) >= 11 is 0. The van der Waals surface area contributed by atoms with Gasteiger partial charge in [-0.3, -0.25) is 29.5 Å². The summed E-state index contributed by atoms with van der Waals surface area (Å²) < 4.78 is 4.90. The molecule has 0 radical (unpaired) electrons. The molecule has 0 bridgehead atoms. The Bertz CT molecular complexity index is 777. The lowest BCUT2D eigenvalue weighted by atomic mass is 10.2. The maximum Gasteiger partial charge on any atom is 0.319 e. The largest absolute Gasteiger partial charge is 0.393 e. The normalized spacial score (nSPS) is 10.6. The molecule has 0 aliphatic heterocycles. The summed E-state index contributed by atoms with van der Waals surface area (Å²) in [5.74, 6) is -1.31. The molecule has 0 aliphatic carbocycles. The summed E-state index contributed by atoms with van der Waals surface area (Å²) in [6, 6.07) is 0. The van der Waals surface area contributed by atoms with Crippen LogP contribution in [0, 0.1) is 41.5 Å². The molecule has 2 aromatic rings. The number of aryl methyl sites for hydroxylation is 6. The second kappa shape index (κ2) is 7.46. The van der Waals surface area contributed by atoms with E-state index in [4.69, 9.17) is 4.74 Å². The molecule has 2 heterocycles. The summed E-state index contributed by atoms with van der Waals surface area (Å²) in [6.07, 6.45) is -0.188. The monoisotopic (exact) mass is 342 g/mol. The Labute approximate surface area is 146 Å². The van der Waals surface area contributed by atoms with E-state index in [9.17, 15) is 9.59 Å². The van der Waals surface area contributed by atoms with Gasteiger partial charge in [0.2, 0.25) is 0 Å². The average molecular weight is 342 g/mol. The number of aromatic nitrogens is 4. The SMILES string of the molecule is Cc1nc(C)c(CC(=O)OC(=O)Cc2nc(C)c(C)nc2C)nc1C. The highest BCUT2D eigenvalue weighted by atomic mass is 16.6. The van der Waals surface area contributed by atoms with Crippen LogP contribution in [0.25, 0.3) is 0 Å². The van der Waals surface area contributed by atoms with Gasteiger partial charge in [-0.2, -0.15) is 0 Å². The summed E-state index contributed by atoms with van der Waals surface area (Å²) in [7, 11) is 0. The molecule has 0 amide bonds. The van der Waals surface area contributed by atoms with Gasteiger partial charge in [0, 0.05) is 0 Å². The van der Waals surface area contributed by atoms with Gasteiger partial charge < -0.3 is 4.74 Å². The van der Waals surface area contributed by atoms with Gasteiger partial charge in [-0.25, -0.2) is 0 Å². The third-order valence-electron chi connectivity index (χ3n) is 4.01. The van der Waals surface area contributed by atoms with Crippen LogP contribution in [-0.4, -0.2) is 31.9 Å². The van der Waals surface area contributed by atoms with Crippen LogP contribution in [0.5, 0.6) is 0 Å². The van der Waals surface area contributed by atoms with Crippen LogP contribution in [0.4, 0.5) is 0 Å². The zero-order chi connectivity index (χ0) is 18.7. The minimum absolute atomic E-state index is 0.0940. The first-order valence-corrected chi connectivity index (χ1v) is 8.02. The van der Waals surface area contributed by atoms with Crippen molar-refractivity contribution in [3.8, 4) is 0 Å². The van der Waals surface area contributed by atoms with Crippen molar-refractivity contribution in [1.29, 1.82) is 0 Å². The third kappa shape index (κ3) is 4.65. The standard InChI is InChI=1S/C18H22N4O3/c1-9-11(3)21-15(13(5)19-9)7-17(23)25-18(24)8-16-14(6)20-10(2)12(4)22-16/h7-8H2,1-6H3. The molecule has 0 unspecified atom stereocenters. The van der Waals surface area contributed by atoms with Gasteiger partial charge in [0.15, 0.2) is 0 Å². The Hall–Kier alpha value is -2.70. The van der Waals surface area contributed by atoms with Gasteiger partial charge in [-0.05, 0) is 41.5 Å². The minimum Gasteiger partial charge on any atom is -0.393 e. The zero-order valence-electron chi connectivity index (χ0n) is 15.4. The zero-order valence-corrected chi connectivity index (χ0v) is 15.4. The molecular formula is C18H22N4O3. The molecule has 0 atom stereocenters. The van der Waals surface area contributed by atoms with E-state index in [2.05, 4.69) is 19.9 Å². The Morgan fingerprint density at radius 1 is 0.600 bits per heavy atom. The molecular weight excluding hydrogens is 320 g/mol. The maximum absolute atomic E-state index is 12.0. The first kappa shape index (κ1) is 18.6. The Morgan fingerprint density at radius 2 is 0.920 bits per heavy atom. The highest BCUT2D eigenvalue weighted by Crippen LogP contribution is 2.10. The van der Waals surface area contributed by atoms with Crippen molar-refractivity contribution >= 4 is 11.9 Å². The summed E-state index contributed by atoms with van der Waals surface area (Å²) in [4.78, 5) is 41.4. The number of hydrogen-bond acceptors (Lipinski definition) is 7. The van der Waals surface area contributed by atoms with Crippen LogP contribution in [0.3, 0.4) is 0 Å². The van der Waals surface area contributed by atoms with Crippen molar-refractivity contribution in [3.05, 3.63) is 45.6 Å². The van der Waals surface area contributed by atoms with Crippen LogP contribution >= 0.6 is 0 Å². The van der Waals surface area contributed by atoms with E-state index in [0.717, 1.165) is 22.8 Å². The lowest BCUT2D eigenvalue weighted by molar-refractivity contribution is -0.158. The molecule has 0 saturated heterocycles. The van der Waals surface area contributed by atoms with E-state index in [-0.39, 0.29) is 12.8 Å². The lowest BCUT2D eigenvalue weighted by Crippen LogP contribution is -2.19. The average Bonchev–Trinajstić information content (AvgIpc) is 2.50. The number of esters is 2. The predicted molar refractivity (Wildman–Crippen MR) is 91.0 cm³/mol. The molecule has 0 fully saturated rings. The van der Waals surface area contributed by atoms with Crippen LogP contribution in [-0.2, 0) is 27.2 Å². The molecule has 7 heteroatoms. The van der Waals surface area contributed by atoms with Crippen molar-refractivity contribution in [2.45, 2.75) is 54.4 Å². The van der Waals surface area contributed by atoms with Gasteiger partial charge in [0.05, 0.1) is 58.4 Å². The lowest BCUT2D eigenvalue weighted by Gasteiger charge is -2.09. The van der Waals surface area contributed by atoms with Crippen molar-refractivity contribution in [3.63, 3.8) is 0 Å². The van der Waals surface area contributed by atoms with Gasteiger partial charge in [0.25, 0.3) is 0 Å². The molecule has 0 N–H and O–H groups in total. The number of hydrogen-bond donors (Lipinski definition) is 0. The molecule has 0 aromatic carbocycles. The van der Waals surface area contributed by atoms with Crippen LogP contribution < -0.4 is 0 Å². The molecule has 2 aromatic heterocycles. The fourth-order valence-corrected chi connectivity index (χ4v) is 2.33. The van der Waals surface area contributed by atoms with E-state index in [1.54, 1.807) is 13.8 Å². The maximum atomic E-state index is 12.0. The van der Waals surface area contributed by atoms with Crippen molar-refractivity contribution in [1.82, 2.24) is 19.9 Å². The predicted octanol–water partition coefficient (Wildman–Crippen LogP) is 1.97. The molecule has 132 valence electrons. The Kier molecular flexibility index (Phi) is 5.56. The topological polar surface area (TPSA) is 94.9 Å². The molecule has 0 saturated carbocycles. The summed E-state index contributed by atoms with van der Waals surface area (Å²) in [5.41, 5.74) is 5.48. The van der Waals surface area contributed by atoms with E-state index in [1.807, 2.05) is 27.7 Å². The van der Waals surface area contributed by atoms with E-state index < -0.39 is 11.9 Å². The van der Waals surface area contributed by atoms with Crippen LogP contribution in [0.15, 0.2) is 0 Å². The highest BCUT2D eigenvalue weighted by Gasteiger charge is 2.17. The van der Waals surface area contributed by atoms with E-state index in [1.165, 1.54) is 0 Å². The second-order valence-corrected chi connectivity index (χ2v) is 6.05. The quantitative estimate of drug-likeness (QED) is 0.619. The summed E-state index contributed by atoms with van der Waals surface area (Å²) in [6.45, 7) is 10.9. The van der Waals surface area contributed by atoms with E-state index in [0.29, 0.717) is 22.8 Å². The number of carbonyl (C=O) groups excluding carboxylic acids is 2. The smallest absolute Gasteiger partial charge is 0.319 e. The number of rotatable bonds is 4. The first-order chi connectivity index (χ1) is 11.7. The molecule has 7 nitrogen and oxygen atoms in total. The number of ether oxygens (including phenoxy) is 1. The molecule has 25 heavy (non-hydrogen) atoms. The number of nitrogens with zero attached hydrogens (tertiary/aromatic N) is 4. The van der Waals surface area contributed by atoms with Crippen molar-refractivity contribution in [2.24, 2.45) is 0 Å². The first-order valence-electron chi connectivity index (χ1n) is 8.02. The molecule has 0 aliphatic rings. The van der Waals surface area contributed by atoms with Crippen LogP contribution in [0.1, 0.15) is 45.6 Å². The molecule has 2 rings (SSSR count). The molecule has 0 spiro atoms. The Balaban J connectivity index is 2.03. The van der Waals surface area contributed by atoms with Gasteiger partial charge in [-0.15, -0.1) is 0 Å². The van der Waals surface area contributed by atoms with Gasteiger partial charge >= 0.3 is 11.9 Å². The second-order valence-electron chi connectivity index (χ2n) is 6.05.